The summed E-state index contributed by atoms with van der Waals surface area (Å²) in [5.41, 5.74) is 5.34. The smallest absolute Gasteiger partial charge is 0.329 e. The minimum atomic E-state index is -1.04. The van der Waals surface area contributed by atoms with Gasteiger partial charge >= 0.3 is 6.03 Å². The summed E-state index contributed by atoms with van der Waals surface area (Å²) in [7, 11) is 1.60. The monoisotopic (exact) mass is 434 g/mol. The molecule has 2 aromatic rings. The SMILES string of the molecule is COCc1nc(C(C)(C)O)sc1SNC(=O)Nc1c2c(nc3c1CCC3)CCC2. The first kappa shape index (κ1) is 20.6. The van der Waals surface area contributed by atoms with E-state index >= 15 is 0 Å². The Bertz CT molecular complexity index is 905. The molecule has 7 nitrogen and oxygen atoms in total. The van der Waals surface area contributed by atoms with Gasteiger partial charge in [-0.1, -0.05) is 0 Å². The van der Waals surface area contributed by atoms with Gasteiger partial charge in [-0.15, -0.1) is 11.3 Å². The van der Waals surface area contributed by atoms with Gasteiger partial charge in [0.2, 0.25) is 0 Å². The van der Waals surface area contributed by atoms with E-state index in [1.54, 1.807) is 21.0 Å². The molecule has 2 aliphatic carbocycles. The summed E-state index contributed by atoms with van der Waals surface area (Å²) < 4.78 is 8.89. The highest BCUT2D eigenvalue weighted by Gasteiger charge is 2.27. The van der Waals surface area contributed by atoms with E-state index in [1.165, 1.54) is 34.4 Å². The van der Waals surface area contributed by atoms with Crippen LogP contribution in [-0.2, 0) is 42.6 Å². The van der Waals surface area contributed by atoms with E-state index in [9.17, 15) is 9.90 Å². The van der Waals surface area contributed by atoms with Gasteiger partial charge in [-0.05, 0) is 63.5 Å². The Balaban J connectivity index is 1.49. The van der Waals surface area contributed by atoms with E-state index in [0.717, 1.165) is 59.8 Å². The maximum atomic E-state index is 12.7. The maximum absolute atomic E-state index is 12.7. The lowest BCUT2D eigenvalue weighted by atomic mass is 10.1. The highest BCUT2D eigenvalue weighted by Crippen LogP contribution is 2.37. The number of thiazole rings is 1. The second kappa shape index (κ2) is 8.22. The molecule has 0 aliphatic heterocycles. The molecule has 0 saturated heterocycles. The molecule has 0 radical (unpaired) electrons. The summed E-state index contributed by atoms with van der Waals surface area (Å²) in [5.74, 6) is 0. The van der Waals surface area contributed by atoms with Crippen molar-refractivity contribution in [2.45, 2.75) is 68.8 Å². The van der Waals surface area contributed by atoms with Gasteiger partial charge in [0.25, 0.3) is 0 Å². The fourth-order valence-corrected chi connectivity index (χ4v) is 5.67. The van der Waals surface area contributed by atoms with Gasteiger partial charge in [-0.3, -0.25) is 9.71 Å². The third-order valence-electron chi connectivity index (χ3n) is 5.19. The van der Waals surface area contributed by atoms with Gasteiger partial charge in [0.15, 0.2) is 0 Å². The van der Waals surface area contributed by atoms with Gasteiger partial charge in [0, 0.05) is 30.4 Å². The number of aromatic nitrogens is 2. The number of aliphatic hydroxyl groups is 1. The van der Waals surface area contributed by atoms with E-state index in [1.807, 2.05) is 0 Å². The number of hydrogen-bond acceptors (Lipinski definition) is 7. The molecule has 0 atom stereocenters. The molecule has 2 amide bonds. The minimum absolute atomic E-state index is 0.258. The molecule has 4 rings (SSSR count). The number of carbonyl (C=O) groups is 1. The number of anilines is 1. The van der Waals surface area contributed by atoms with Crippen LogP contribution >= 0.6 is 23.3 Å². The first-order valence-electron chi connectivity index (χ1n) is 9.85. The van der Waals surface area contributed by atoms with Crippen LogP contribution in [0.5, 0.6) is 0 Å². The normalized spacial score (nSPS) is 15.3. The lowest BCUT2D eigenvalue weighted by Gasteiger charge is -2.15. The fraction of sp³-hybridized carbons (Fsp3) is 0.550. The number of nitrogens with one attached hydrogen (secondary N) is 2. The van der Waals surface area contributed by atoms with Crippen molar-refractivity contribution in [2.75, 3.05) is 12.4 Å². The zero-order chi connectivity index (χ0) is 20.6. The predicted octanol–water partition coefficient (Wildman–Crippen LogP) is 3.72. The molecule has 2 aromatic heterocycles. The molecule has 0 fully saturated rings. The number of rotatable bonds is 6. The van der Waals surface area contributed by atoms with Gasteiger partial charge in [-0.2, -0.15) is 0 Å². The van der Waals surface area contributed by atoms with E-state index < -0.39 is 5.60 Å². The summed E-state index contributed by atoms with van der Waals surface area (Å²) >= 11 is 2.57. The molecule has 2 aliphatic rings. The zero-order valence-corrected chi connectivity index (χ0v) is 18.6. The number of hydrogen-bond donors (Lipinski definition) is 3. The summed E-state index contributed by atoms with van der Waals surface area (Å²) in [6.07, 6.45) is 6.12. The predicted molar refractivity (Wildman–Crippen MR) is 114 cm³/mol. The van der Waals surface area contributed by atoms with Crippen molar-refractivity contribution >= 4 is 35.0 Å². The Kier molecular flexibility index (Phi) is 5.83. The van der Waals surface area contributed by atoms with E-state index in [0.29, 0.717) is 17.3 Å². The number of methoxy groups -OCH3 is 1. The van der Waals surface area contributed by atoms with E-state index in [4.69, 9.17) is 9.72 Å². The Morgan fingerprint density at radius 3 is 2.41 bits per heavy atom. The highest BCUT2D eigenvalue weighted by atomic mass is 32.2. The molecule has 0 aromatic carbocycles. The summed E-state index contributed by atoms with van der Waals surface area (Å²) in [6.45, 7) is 3.72. The number of carbonyl (C=O) groups excluding carboxylic acids is 1. The second-order valence-corrected chi connectivity index (χ2v) is 10.0. The number of ether oxygens (including phenoxy) is 1. The molecule has 0 unspecified atom stereocenters. The van der Waals surface area contributed by atoms with Crippen LogP contribution in [0.1, 0.15) is 59.9 Å². The average Bonchev–Trinajstić information content (AvgIpc) is 3.38. The number of pyridine rings is 1. The molecule has 0 saturated carbocycles. The molecule has 29 heavy (non-hydrogen) atoms. The first-order valence-corrected chi connectivity index (χ1v) is 11.5. The highest BCUT2D eigenvalue weighted by molar-refractivity contribution is 7.99. The van der Waals surface area contributed by atoms with Crippen LogP contribution in [0.25, 0.3) is 0 Å². The molecule has 156 valence electrons. The summed E-state index contributed by atoms with van der Waals surface area (Å²) in [5, 5.41) is 13.9. The van der Waals surface area contributed by atoms with Crippen LogP contribution < -0.4 is 10.0 Å². The quantitative estimate of drug-likeness (QED) is 0.600. The summed E-state index contributed by atoms with van der Waals surface area (Å²) in [6, 6.07) is -0.258. The van der Waals surface area contributed by atoms with Crippen molar-refractivity contribution in [3.8, 4) is 0 Å². The Morgan fingerprint density at radius 2 is 1.83 bits per heavy atom. The molecule has 9 heteroatoms. The van der Waals surface area contributed by atoms with Crippen molar-refractivity contribution in [1.29, 1.82) is 0 Å². The van der Waals surface area contributed by atoms with Crippen LogP contribution in [-0.4, -0.2) is 28.2 Å². The number of aryl methyl sites for hydroxylation is 2. The van der Waals surface area contributed by atoms with Crippen molar-refractivity contribution in [2.24, 2.45) is 0 Å². The summed E-state index contributed by atoms with van der Waals surface area (Å²) in [4.78, 5) is 22.0. The number of fused-ring (bicyclic) bond motifs is 2. The topological polar surface area (TPSA) is 96.4 Å². The maximum Gasteiger partial charge on any atom is 0.329 e. The van der Waals surface area contributed by atoms with Crippen LogP contribution in [0.15, 0.2) is 4.21 Å². The number of nitrogens with zero attached hydrogens (tertiary/aromatic N) is 2. The lowest BCUT2D eigenvalue weighted by Crippen LogP contribution is -2.24. The second-order valence-electron chi connectivity index (χ2n) is 7.95. The molecule has 3 N–H and O–H groups in total. The van der Waals surface area contributed by atoms with Gasteiger partial charge in [0.1, 0.15) is 14.8 Å². The van der Waals surface area contributed by atoms with Crippen LogP contribution in [0.3, 0.4) is 0 Å². The third-order valence-corrected chi connectivity index (χ3v) is 7.61. The van der Waals surface area contributed by atoms with Gasteiger partial charge in [-0.25, -0.2) is 9.78 Å². The van der Waals surface area contributed by atoms with Gasteiger partial charge < -0.3 is 15.2 Å². The van der Waals surface area contributed by atoms with Crippen molar-refractivity contribution in [3.63, 3.8) is 0 Å². The van der Waals surface area contributed by atoms with E-state index in [-0.39, 0.29) is 6.03 Å². The average molecular weight is 435 g/mol. The minimum Gasteiger partial charge on any atom is -0.383 e. The fourth-order valence-electron chi connectivity index (χ4n) is 3.88. The number of urea groups is 1. The molecule has 0 spiro atoms. The van der Waals surface area contributed by atoms with Crippen LogP contribution in [0, 0.1) is 0 Å². The van der Waals surface area contributed by atoms with Crippen molar-refractivity contribution in [1.82, 2.24) is 14.7 Å². The largest absolute Gasteiger partial charge is 0.383 e. The standard InChI is InChI=1S/C20H26N4O3S2/c1-20(2,26)18-22-15(10-27-3)17(28-18)29-24-19(25)23-16-11-6-4-8-13(11)21-14-9-5-7-12(14)16/h26H,4-10H2,1-3H3,(H2,21,23,24,25). The third kappa shape index (κ3) is 4.28. The van der Waals surface area contributed by atoms with Crippen molar-refractivity contribution < 1.29 is 14.6 Å². The Morgan fingerprint density at radius 1 is 1.17 bits per heavy atom. The zero-order valence-electron chi connectivity index (χ0n) is 16.9. The number of amides is 2. The van der Waals surface area contributed by atoms with Crippen molar-refractivity contribution in [3.05, 3.63) is 33.2 Å². The van der Waals surface area contributed by atoms with E-state index in [2.05, 4.69) is 15.0 Å². The van der Waals surface area contributed by atoms with Crippen LogP contribution in [0.2, 0.25) is 0 Å². The molecule has 2 heterocycles. The van der Waals surface area contributed by atoms with Crippen LogP contribution in [0.4, 0.5) is 10.5 Å². The molecular weight excluding hydrogens is 408 g/mol. The van der Waals surface area contributed by atoms with Gasteiger partial charge in [0.05, 0.1) is 18.0 Å². The molecular formula is C20H26N4O3S2. The Hall–Kier alpha value is -1.68. The molecule has 0 bridgehead atoms. The lowest BCUT2D eigenvalue weighted by molar-refractivity contribution is 0.0776. The first-order chi connectivity index (χ1) is 13.9. The Labute approximate surface area is 178 Å².